The lowest BCUT2D eigenvalue weighted by Gasteiger charge is -2.10. The second-order valence-electron chi connectivity index (χ2n) is 4.06. The van der Waals surface area contributed by atoms with Gasteiger partial charge >= 0.3 is 5.69 Å². The minimum Gasteiger partial charge on any atom is -0.382 e. The van der Waals surface area contributed by atoms with E-state index in [2.05, 4.69) is 10.6 Å². The molecule has 0 unspecified atom stereocenters. The van der Waals surface area contributed by atoms with Crippen molar-refractivity contribution in [2.24, 2.45) is 0 Å². The molecular formula is C14H15N3O2S. The first-order valence-electron chi connectivity index (χ1n) is 6.02. The van der Waals surface area contributed by atoms with Gasteiger partial charge in [0.15, 0.2) is 0 Å². The summed E-state index contributed by atoms with van der Waals surface area (Å²) in [6.07, 6.45) is 2.00. The van der Waals surface area contributed by atoms with Crippen molar-refractivity contribution >= 4 is 34.5 Å². The van der Waals surface area contributed by atoms with E-state index >= 15 is 0 Å². The van der Waals surface area contributed by atoms with Gasteiger partial charge in [0, 0.05) is 17.6 Å². The Kier molecular flexibility index (Phi) is 4.47. The molecule has 0 fully saturated rings. The summed E-state index contributed by atoms with van der Waals surface area (Å²) in [5, 5.41) is 17.1. The predicted octanol–water partition coefficient (Wildman–Crippen LogP) is 4.10. The summed E-state index contributed by atoms with van der Waals surface area (Å²) < 4.78 is 0. The summed E-state index contributed by atoms with van der Waals surface area (Å²) in [5.74, 6) is 0. The van der Waals surface area contributed by atoms with Crippen LogP contribution in [0.4, 0.5) is 22.7 Å². The molecule has 0 aromatic heterocycles. The maximum absolute atomic E-state index is 11.2. The monoisotopic (exact) mass is 289 g/mol. The maximum Gasteiger partial charge on any atom is 0.315 e. The Hall–Kier alpha value is -2.21. The van der Waals surface area contributed by atoms with Crippen molar-refractivity contribution in [3.63, 3.8) is 0 Å². The molecule has 0 aliphatic carbocycles. The quantitative estimate of drug-likeness (QED) is 0.493. The third-order valence-electron chi connectivity index (χ3n) is 2.86. The molecule has 5 nitrogen and oxygen atoms in total. The number of nitro benzene ring substituents is 1. The normalized spacial score (nSPS) is 10.1. The van der Waals surface area contributed by atoms with Crippen LogP contribution in [0.15, 0.2) is 47.4 Å². The fraction of sp³-hybridized carbons (Fsp3) is 0.143. The summed E-state index contributed by atoms with van der Waals surface area (Å²) in [4.78, 5) is 12.0. The van der Waals surface area contributed by atoms with Gasteiger partial charge in [-0.25, -0.2) is 0 Å². The number of rotatable bonds is 5. The van der Waals surface area contributed by atoms with Crippen LogP contribution in [0, 0.1) is 10.1 Å². The van der Waals surface area contributed by atoms with E-state index < -0.39 is 0 Å². The fourth-order valence-electron chi connectivity index (χ4n) is 1.87. The third-order valence-corrected chi connectivity index (χ3v) is 3.60. The number of anilines is 3. The topological polar surface area (TPSA) is 67.2 Å². The molecule has 0 spiro atoms. The van der Waals surface area contributed by atoms with Crippen molar-refractivity contribution < 1.29 is 4.92 Å². The predicted molar refractivity (Wildman–Crippen MR) is 84.1 cm³/mol. The zero-order valence-electron chi connectivity index (χ0n) is 11.2. The fourth-order valence-corrected chi connectivity index (χ4v) is 2.28. The number of hydrogen-bond acceptors (Lipinski definition) is 5. The Balaban J connectivity index is 2.34. The molecule has 2 aromatic rings. The average Bonchev–Trinajstić information content (AvgIpc) is 2.47. The highest BCUT2D eigenvalue weighted by atomic mass is 32.2. The third kappa shape index (κ3) is 3.03. The van der Waals surface area contributed by atoms with E-state index in [4.69, 9.17) is 0 Å². The molecule has 0 saturated heterocycles. The van der Waals surface area contributed by atoms with Crippen LogP contribution in [0.5, 0.6) is 0 Å². The molecule has 2 aromatic carbocycles. The standard InChI is InChI=1S/C14H15N3O2S/c1-15-12-4-3-5-13(14(12)17(18)19)16-10-6-8-11(20-2)9-7-10/h3-9,15-16H,1-2H3. The summed E-state index contributed by atoms with van der Waals surface area (Å²) in [7, 11) is 1.67. The van der Waals surface area contributed by atoms with Gasteiger partial charge in [-0.1, -0.05) is 6.07 Å². The van der Waals surface area contributed by atoms with E-state index in [0.717, 1.165) is 10.6 Å². The highest BCUT2D eigenvalue weighted by Crippen LogP contribution is 2.34. The minimum absolute atomic E-state index is 0.0453. The van der Waals surface area contributed by atoms with Gasteiger partial charge in [-0.3, -0.25) is 10.1 Å². The molecule has 0 bridgehead atoms. The van der Waals surface area contributed by atoms with Gasteiger partial charge in [-0.2, -0.15) is 0 Å². The van der Waals surface area contributed by atoms with Crippen LogP contribution in [-0.2, 0) is 0 Å². The SMILES string of the molecule is CNc1cccc(Nc2ccc(SC)cc2)c1[N+](=O)[O-]. The number of hydrogen-bond donors (Lipinski definition) is 2. The van der Waals surface area contributed by atoms with Gasteiger partial charge in [0.1, 0.15) is 11.4 Å². The average molecular weight is 289 g/mol. The zero-order chi connectivity index (χ0) is 14.5. The first-order valence-corrected chi connectivity index (χ1v) is 7.24. The van der Waals surface area contributed by atoms with E-state index in [1.807, 2.05) is 30.5 Å². The molecule has 6 heteroatoms. The van der Waals surface area contributed by atoms with Crippen LogP contribution in [-0.4, -0.2) is 18.2 Å². The van der Waals surface area contributed by atoms with Gasteiger partial charge in [0.2, 0.25) is 0 Å². The Morgan fingerprint density at radius 2 is 1.75 bits per heavy atom. The number of nitrogens with one attached hydrogen (secondary N) is 2. The molecule has 0 atom stereocenters. The van der Waals surface area contributed by atoms with Gasteiger partial charge in [-0.15, -0.1) is 11.8 Å². The summed E-state index contributed by atoms with van der Waals surface area (Å²) in [6, 6.07) is 12.9. The highest BCUT2D eigenvalue weighted by molar-refractivity contribution is 7.98. The number of nitrogens with zero attached hydrogens (tertiary/aromatic N) is 1. The lowest BCUT2D eigenvalue weighted by molar-refractivity contribution is -0.383. The van der Waals surface area contributed by atoms with Crippen LogP contribution in [0.3, 0.4) is 0 Å². The molecule has 2 N–H and O–H groups in total. The van der Waals surface area contributed by atoms with E-state index in [-0.39, 0.29) is 10.6 Å². The molecule has 0 amide bonds. The van der Waals surface area contributed by atoms with Gasteiger partial charge in [-0.05, 0) is 42.7 Å². The van der Waals surface area contributed by atoms with Crippen molar-refractivity contribution in [3.8, 4) is 0 Å². The molecule has 0 saturated carbocycles. The summed E-state index contributed by atoms with van der Waals surface area (Å²) in [6.45, 7) is 0. The molecule has 0 aliphatic heterocycles. The van der Waals surface area contributed by atoms with Gasteiger partial charge < -0.3 is 10.6 Å². The van der Waals surface area contributed by atoms with E-state index in [9.17, 15) is 10.1 Å². The number of para-hydroxylation sites is 1. The first kappa shape index (κ1) is 14.2. The summed E-state index contributed by atoms with van der Waals surface area (Å²) in [5.41, 5.74) is 1.82. The number of benzene rings is 2. The zero-order valence-corrected chi connectivity index (χ0v) is 12.0. The van der Waals surface area contributed by atoms with E-state index in [1.54, 1.807) is 37.0 Å². The lowest BCUT2D eigenvalue weighted by atomic mass is 10.2. The van der Waals surface area contributed by atoms with E-state index in [1.165, 1.54) is 0 Å². The largest absolute Gasteiger partial charge is 0.382 e. The Bertz CT molecular complexity index is 614. The molecule has 2 rings (SSSR count). The molecule has 0 aliphatic rings. The number of thioether (sulfide) groups is 1. The second kappa shape index (κ2) is 6.29. The van der Waals surface area contributed by atoms with Crippen molar-refractivity contribution in [1.29, 1.82) is 0 Å². The highest BCUT2D eigenvalue weighted by Gasteiger charge is 2.18. The molecular weight excluding hydrogens is 274 g/mol. The van der Waals surface area contributed by atoms with Crippen LogP contribution in [0.2, 0.25) is 0 Å². The Morgan fingerprint density at radius 1 is 1.10 bits per heavy atom. The number of nitro groups is 1. The van der Waals surface area contributed by atoms with Crippen LogP contribution in [0.25, 0.3) is 0 Å². The van der Waals surface area contributed by atoms with E-state index in [0.29, 0.717) is 11.4 Å². The maximum atomic E-state index is 11.2. The van der Waals surface area contributed by atoms with Crippen molar-refractivity contribution in [1.82, 2.24) is 0 Å². The Morgan fingerprint density at radius 3 is 2.30 bits per heavy atom. The minimum atomic E-state index is -0.384. The lowest BCUT2D eigenvalue weighted by Crippen LogP contribution is -2.01. The second-order valence-corrected chi connectivity index (χ2v) is 4.94. The van der Waals surface area contributed by atoms with Crippen molar-refractivity contribution in [2.75, 3.05) is 23.9 Å². The molecule has 104 valence electrons. The van der Waals surface area contributed by atoms with Crippen LogP contribution < -0.4 is 10.6 Å². The van der Waals surface area contributed by atoms with Crippen molar-refractivity contribution in [3.05, 3.63) is 52.6 Å². The molecule has 20 heavy (non-hydrogen) atoms. The smallest absolute Gasteiger partial charge is 0.315 e. The Labute approximate surface area is 121 Å². The molecule has 0 radical (unpaired) electrons. The molecule has 0 heterocycles. The van der Waals surface area contributed by atoms with Crippen LogP contribution >= 0.6 is 11.8 Å². The van der Waals surface area contributed by atoms with Gasteiger partial charge in [0.25, 0.3) is 0 Å². The van der Waals surface area contributed by atoms with Crippen molar-refractivity contribution in [2.45, 2.75) is 4.90 Å². The van der Waals surface area contributed by atoms with Crippen LogP contribution in [0.1, 0.15) is 0 Å². The summed E-state index contributed by atoms with van der Waals surface area (Å²) >= 11 is 1.65. The van der Waals surface area contributed by atoms with Gasteiger partial charge in [0.05, 0.1) is 4.92 Å². The first-order chi connectivity index (χ1) is 9.65.